The highest BCUT2D eigenvalue weighted by molar-refractivity contribution is 7.90. The van der Waals surface area contributed by atoms with Crippen LogP contribution in [0.4, 0.5) is 0 Å². The van der Waals surface area contributed by atoms with Crippen molar-refractivity contribution in [2.75, 3.05) is 6.26 Å². The molecular weight excluding hydrogens is 337 g/mol. The molecule has 0 radical (unpaired) electrons. The Balaban J connectivity index is 2.37. The van der Waals surface area contributed by atoms with Gasteiger partial charge in [0.25, 0.3) is 0 Å². The van der Waals surface area contributed by atoms with Gasteiger partial charge in [0.1, 0.15) is 0 Å². The number of nitrogens with two attached hydrogens (primary N) is 1. The predicted octanol–water partition coefficient (Wildman–Crippen LogP) is 2.06. The molecule has 0 aliphatic carbocycles. The number of aryl methyl sites for hydroxylation is 1. The minimum atomic E-state index is -3.36. The molecule has 0 atom stereocenters. The Morgan fingerprint density at radius 3 is 2.08 bits per heavy atom. The highest BCUT2D eigenvalue weighted by atomic mass is 32.2. The summed E-state index contributed by atoms with van der Waals surface area (Å²) in [4.78, 5) is 0.323. The minimum Gasteiger partial charge on any atom is -0.399 e. The third-order valence-electron chi connectivity index (χ3n) is 5.05. The Kier molecular flexibility index (Phi) is 5.21. The maximum atomic E-state index is 12.3. The van der Waals surface area contributed by atoms with Crippen LogP contribution in [-0.4, -0.2) is 38.5 Å². The van der Waals surface area contributed by atoms with Gasteiger partial charge in [-0.2, -0.15) is 0 Å². The zero-order valence-corrected chi connectivity index (χ0v) is 17.2. The van der Waals surface area contributed by atoms with Crippen LogP contribution >= 0.6 is 0 Å². The maximum absolute atomic E-state index is 12.3. The van der Waals surface area contributed by atoms with E-state index < -0.39 is 28.2 Å². The van der Waals surface area contributed by atoms with E-state index in [2.05, 4.69) is 0 Å². The normalized spacial score (nSPS) is 20.1. The van der Waals surface area contributed by atoms with E-state index in [1.165, 1.54) is 6.26 Å². The molecule has 1 aliphatic rings. The van der Waals surface area contributed by atoms with Crippen molar-refractivity contribution in [3.63, 3.8) is 0 Å². The second-order valence-electron chi connectivity index (χ2n) is 8.72. The molecule has 1 heterocycles. The Labute approximate surface area is 152 Å². The number of rotatable bonds is 5. The van der Waals surface area contributed by atoms with Gasteiger partial charge in [0.05, 0.1) is 16.1 Å². The molecule has 140 valence electrons. The van der Waals surface area contributed by atoms with Gasteiger partial charge in [0.15, 0.2) is 9.84 Å². The summed E-state index contributed by atoms with van der Waals surface area (Å²) in [5.74, 6) is 0. The highest BCUT2D eigenvalue weighted by Gasteiger charge is 2.51. The van der Waals surface area contributed by atoms with E-state index in [0.717, 1.165) is 11.0 Å². The van der Waals surface area contributed by atoms with Gasteiger partial charge in [-0.25, -0.2) is 8.42 Å². The zero-order valence-electron chi connectivity index (χ0n) is 16.3. The first-order chi connectivity index (χ1) is 11.1. The molecule has 0 bridgehead atoms. The first kappa shape index (κ1) is 20.4. The van der Waals surface area contributed by atoms with Crippen molar-refractivity contribution >= 4 is 22.4 Å². The third-order valence-corrected chi connectivity index (χ3v) is 6.23. The zero-order chi connectivity index (χ0) is 19.3. The standard InChI is InChI=1S/C18H30BNO4S/c1-16(2,20)11-10-13-8-9-14(12-15(13)25(7,21)22)19-23-17(3,4)18(5,6)24-19/h8-9,12H,10-11,20H2,1-7H3. The number of sulfone groups is 1. The molecule has 1 aromatic carbocycles. The molecule has 5 nitrogen and oxygen atoms in total. The van der Waals surface area contributed by atoms with Crippen LogP contribution in [0.1, 0.15) is 53.5 Å². The summed E-state index contributed by atoms with van der Waals surface area (Å²) in [7, 11) is -3.94. The summed E-state index contributed by atoms with van der Waals surface area (Å²) in [6.07, 6.45) is 2.54. The summed E-state index contributed by atoms with van der Waals surface area (Å²) in [6, 6.07) is 5.41. The van der Waals surface area contributed by atoms with Gasteiger partial charge >= 0.3 is 7.12 Å². The maximum Gasteiger partial charge on any atom is 0.494 e. The van der Waals surface area contributed by atoms with E-state index in [9.17, 15) is 8.42 Å². The summed E-state index contributed by atoms with van der Waals surface area (Å²) >= 11 is 0. The number of hydrogen-bond donors (Lipinski definition) is 1. The fourth-order valence-electron chi connectivity index (χ4n) is 2.71. The predicted molar refractivity (Wildman–Crippen MR) is 102 cm³/mol. The van der Waals surface area contributed by atoms with Crippen molar-refractivity contribution in [2.24, 2.45) is 5.73 Å². The first-order valence-corrected chi connectivity index (χ1v) is 10.5. The lowest BCUT2D eigenvalue weighted by Crippen LogP contribution is -2.41. The van der Waals surface area contributed by atoms with E-state index in [-0.39, 0.29) is 5.54 Å². The van der Waals surface area contributed by atoms with Gasteiger partial charge in [-0.3, -0.25) is 0 Å². The molecule has 0 spiro atoms. The molecule has 1 fully saturated rings. The van der Waals surface area contributed by atoms with Crippen LogP contribution < -0.4 is 11.2 Å². The lowest BCUT2D eigenvalue weighted by Gasteiger charge is -2.32. The van der Waals surface area contributed by atoms with Gasteiger partial charge in [-0.1, -0.05) is 12.1 Å². The fraction of sp³-hybridized carbons (Fsp3) is 0.667. The molecule has 1 aromatic rings. The molecular formula is C18H30BNO4S. The van der Waals surface area contributed by atoms with E-state index >= 15 is 0 Å². The van der Waals surface area contributed by atoms with Gasteiger partial charge in [-0.05, 0) is 71.5 Å². The molecule has 0 saturated carbocycles. The average Bonchev–Trinajstić information content (AvgIpc) is 2.63. The summed E-state index contributed by atoms with van der Waals surface area (Å²) in [6.45, 7) is 11.8. The topological polar surface area (TPSA) is 78.6 Å². The molecule has 2 N–H and O–H groups in total. The van der Waals surface area contributed by atoms with E-state index in [0.29, 0.717) is 17.7 Å². The monoisotopic (exact) mass is 367 g/mol. The lowest BCUT2D eigenvalue weighted by atomic mass is 9.78. The fourth-order valence-corrected chi connectivity index (χ4v) is 3.70. The first-order valence-electron chi connectivity index (χ1n) is 8.60. The molecule has 1 saturated heterocycles. The summed E-state index contributed by atoms with van der Waals surface area (Å²) < 4.78 is 36.6. The molecule has 0 aromatic heterocycles. The Morgan fingerprint density at radius 1 is 1.12 bits per heavy atom. The highest BCUT2D eigenvalue weighted by Crippen LogP contribution is 2.36. The van der Waals surface area contributed by atoms with Crippen LogP contribution in [0.2, 0.25) is 0 Å². The van der Waals surface area contributed by atoms with Gasteiger partial charge in [0.2, 0.25) is 0 Å². The molecule has 2 rings (SSSR count). The van der Waals surface area contributed by atoms with E-state index in [1.54, 1.807) is 6.07 Å². The lowest BCUT2D eigenvalue weighted by molar-refractivity contribution is 0.00578. The van der Waals surface area contributed by atoms with Crippen LogP contribution in [0.3, 0.4) is 0 Å². The number of hydrogen-bond acceptors (Lipinski definition) is 5. The number of benzene rings is 1. The minimum absolute atomic E-state index is 0.323. The van der Waals surface area contributed by atoms with Crippen molar-refractivity contribution in [2.45, 2.75) is 76.0 Å². The largest absolute Gasteiger partial charge is 0.494 e. The summed E-state index contributed by atoms with van der Waals surface area (Å²) in [5.41, 5.74) is 6.26. The Bertz CT molecular complexity index is 735. The molecule has 0 unspecified atom stereocenters. The van der Waals surface area contributed by atoms with Crippen LogP contribution in [0, 0.1) is 0 Å². The van der Waals surface area contributed by atoms with Crippen molar-refractivity contribution in [1.29, 1.82) is 0 Å². The molecule has 0 amide bonds. The average molecular weight is 367 g/mol. The van der Waals surface area contributed by atoms with Gasteiger partial charge < -0.3 is 15.0 Å². The Hall–Kier alpha value is -0.885. The second kappa shape index (κ2) is 6.37. The van der Waals surface area contributed by atoms with Crippen molar-refractivity contribution in [3.8, 4) is 0 Å². The molecule has 7 heteroatoms. The van der Waals surface area contributed by atoms with Gasteiger partial charge in [-0.15, -0.1) is 0 Å². The van der Waals surface area contributed by atoms with Crippen LogP contribution in [0.15, 0.2) is 23.1 Å². The van der Waals surface area contributed by atoms with Crippen molar-refractivity contribution in [1.82, 2.24) is 0 Å². The van der Waals surface area contributed by atoms with Crippen LogP contribution in [0.5, 0.6) is 0 Å². The molecule has 25 heavy (non-hydrogen) atoms. The van der Waals surface area contributed by atoms with E-state index in [4.69, 9.17) is 15.0 Å². The second-order valence-corrected chi connectivity index (χ2v) is 10.7. The van der Waals surface area contributed by atoms with Crippen LogP contribution in [-0.2, 0) is 25.6 Å². The van der Waals surface area contributed by atoms with Gasteiger partial charge in [0, 0.05) is 11.8 Å². The Morgan fingerprint density at radius 2 is 1.64 bits per heavy atom. The van der Waals surface area contributed by atoms with Crippen molar-refractivity contribution in [3.05, 3.63) is 23.8 Å². The van der Waals surface area contributed by atoms with Crippen molar-refractivity contribution < 1.29 is 17.7 Å². The third kappa shape index (κ3) is 4.64. The smallest absolute Gasteiger partial charge is 0.399 e. The summed E-state index contributed by atoms with van der Waals surface area (Å²) in [5, 5.41) is 0. The molecule has 1 aliphatic heterocycles. The van der Waals surface area contributed by atoms with Crippen LogP contribution in [0.25, 0.3) is 0 Å². The van der Waals surface area contributed by atoms with E-state index in [1.807, 2.05) is 53.7 Å². The quantitative estimate of drug-likeness (QED) is 0.806. The SMILES string of the molecule is CC(C)(N)CCc1ccc(B2OC(C)(C)C(C)(C)O2)cc1S(C)(=O)=O.